The van der Waals surface area contributed by atoms with Crippen LogP contribution in [0.2, 0.25) is 0 Å². The zero-order valence-electron chi connectivity index (χ0n) is 12.4. The lowest BCUT2D eigenvalue weighted by Crippen LogP contribution is -2.38. The Morgan fingerprint density at radius 2 is 2.09 bits per heavy atom. The minimum atomic E-state index is -0.477. The Kier molecular flexibility index (Phi) is 4.97. The molecule has 0 atom stereocenters. The Bertz CT molecular complexity index is 647. The van der Waals surface area contributed by atoms with Crippen molar-refractivity contribution in [2.75, 3.05) is 18.4 Å². The summed E-state index contributed by atoms with van der Waals surface area (Å²) in [5, 5.41) is 3.71. The van der Waals surface area contributed by atoms with E-state index in [1.165, 1.54) is 11.0 Å². The highest BCUT2D eigenvalue weighted by atomic mass is 35.5. The van der Waals surface area contributed by atoms with E-state index in [0.717, 1.165) is 19.3 Å². The molecule has 1 aliphatic heterocycles. The molecule has 0 bridgehead atoms. The van der Waals surface area contributed by atoms with Crippen molar-refractivity contribution in [2.24, 2.45) is 0 Å². The van der Waals surface area contributed by atoms with Crippen LogP contribution in [-0.4, -0.2) is 30.1 Å². The lowest BCUT2D eigenvalue weighted by molar-refractivity contribution is 0.115. The van der Waals surface area contributed by atoms with E-state index in [1.54, 1.807) is 12.1 Å². The molecule has 1 saturated carbocycles. The van der Waals surface area contributed by atoms with Gasteiger partial charge in [0.1, 0.15) is 0 Å². The molecule has 1 fully saturated rings. The van der Waals surface area contributed by atoms with Crippen molar-refractivity contribution < 1.29 is 13.9 Å². The zero-order chi connectivity index (χ0) is 16.4. The second-order valence-corrected chi connectivity index (χ2v) is 6.64. The summed E-state index contributed by atoms with van der Waals surface area (Å²) in [6.45, 7) is 0.740. The van der Waals surface area contributed by atoms with Gasteiger partial charge in [-0.1, -0.05) is 23.2 Å². The quantitative estimate of drug-likeness (QED) is 0.851. The standard InChI is InChI=1S/C16H17Cl2FN2O2/c17-12-6-7-21(9-13(12)18)16(22)20-10-4-5-15(14(19)8-10)23-11-2-1-3-11/h4-5,8,11H,1-3,6-7,9H2,(H,20,22). The highest BCUT2D eigenvalue weighted by molar-refractivity contribution is 6.39. The molecule has 1 aromatic rings. The van der Waals surface area contributed by atoms with Gasteiger partial charge in [0, 0.05) is 29.8 Å². The zero-order valence-corrected chi connectivity index (χ0v) is 14.0. The van der Waals surface area contributed by atoms with Crippen molar-refractivity contribution in [3.63, 3.8) is 0 Å². The van der Waals surface area contributed by atoms with Gasteiger partial charge in [-0.15, -0.1) is 0 Å². The van der Waals surface area contributed by atoms with Crippen molar-refractivity contribution in [2.45, 2.75) is 31.8 Å². The van der Waals surface area contributed by atoms with Crippen LogP contribution in [-0.2, 0) is 0 Å². The number of anilines is 1. The number of hydrogen-bond donors (Lipinski definition) is 1. The summed E-state index contributed by atoms with van der Waals surface area (Å²) in [7, 11) is 0. The molecular formula is C16H17Cl2FN2O2. The molecule has 1 heterocycles. The molecule has 2 aliphatic rings. The number of halogens is 3. The first-order valence-electron chi connectivity index (χ1n) is 7.58. The van der Waals surface area contributed by atoms with Crippen molar-refractivity contribution in [1.29, 1.82) is 0 Å². The van der Waals surface area contributed by atoms with E-state index in [9.17, 15) is 9.18 Å². The first-order valence-corrected chi connectivity index (χ1v) is 8.33. The van der Waals surface area contributed by atoms with E-state index in [-0.39, 0.29) is 24.4 Å². The lowest BCUT2D eigenvalue weighted by Gasteiger charge is -2.27. The minimum Gasteiger partial charge on any atom is -0.487 e. The number of benzene rings is 1. The number of ether oxygens (including phenoxy) is 1. The largest absolute Gasteiger partial charge is 0.487 e. The van der Waals surface area contributed by atoms with Gasteiger partial charge in [0.05, 0.1) is 17.7 Å². The highest BCUT2D eigenvalue weighted by Crippen LogP contribution is 2.29. The smallest absolute Gasteiger partial charge is 0.322 e. The first-order chi connectivity index (χ1) is 11.0. The fourth-order valence-electron chi connectivity index (χ4n) is 2.42. The fraction of sp³-hybridized carbons (Fsp3) is 0.438. The minimum absolute atomic E-state index is 0.108. The number of nitrogens with zero attached hydrogens (tertiary/aromatic N) is 1. The van der Waals surface area contributed by atoms with E-state index in [2.05, 4.69) is 5.32 Å². The van der Waals surface area contributed by atoms with Gasteiger partial charge in [-0.3, -0.25) is 0 Å². The third-order valence-electron chi connectivity index (χ3n) is 4.04. The second-order valence-electron chi connectivity index (χ2n) is 5.73. The summed E-state index contributed by atoms with van der Waals surface area (Å²) in [5.41, 5.74) is 0.380. The van der Waals surface area contributed by atoms with Gasteiger partial charge in [-0.05, 0) is 31.4 Å². The summed E-state index contributed by atoms with van der Waals surface area (Å²) in [4.78, 5) is 13.7. The van der Waals surface area contributed by atoms with Crippen LogP contribution < -0.4 is 10.1 Å². The number of rotatable bonds is 3. The highest BCUT2D eigenvalue weighted by Gasteiger charge is 2.22. The number of urea groups is 1. The average molecular weight is 359 g/mol. The topological polar surface area (TPSA) is 41.6 Å². The molecule has 3 rings (SSSR count). The molecule has 23 heavy (non-hydrogen) atoms. The molecule has 1 aromatic carbocycles. The molecule has 1 N–H and O–H groups in total. The van der Waals surface area contributed by atoms with Crippen LogP contribution in [0.1, 0.15) is 25.7 Å². The molecule has 0 spiro atoms. The average Bonchev–Trinajstić information content (AvgIpc) is 2.47. The van der Waals surface area contributed by atoms with Crippen molar-refractivity contribution in [3.8, 4) is 5.75 Å². The van der Waals surface area contributed by atoms with Crippen molar-refractivity contribution >= 4 is 34.9 Å². The molecule has 2 amide bonds. The predicted molar refractivity (Wildman–Crippen MR) is 88.6 cm³/mol. The van der Waals surface area contributed by atoms with Crippen molar-refractivity contribution in [3.05, 3.63) is 34.1 Å². The Morgan fingerprint density at radius 3 is 2.70 bits per heavy atom. The molecule has 1 aliphatic carbocycles. The number of amides is 2. The van der Waals surface area contributed by atoms with Crippen LogP contribution in [0.15, 0.2) is 28.3 Å². The maximum absolute atomic E-state index is 14.0. The van der Waals surface area contributed by atoms with Crippen LogP contribution in [0.25, 0.3) is 0 Å². The first kappa shape index (κ1) is 16.4. The fourth-order valence-corrected chi connectivity index (χ4v) is 2.80. The van der Waals surface area contributed by atoms with Gasteiger partial charge in [0.25, 0.3) is 0 Å². The van der Waals surface area contributed by atoms with E-state index in [0.29, 0.717) is 28.7 Å². The number of carbonyl (C=O) groups is 1. The second kappa shape index (κ2) is 6.97. The normalized spacial score (nSPS) is 18.7. The van der Waals surface area contributed by atoms with Crippen LogP contribution in [0.4, 0.5) is 14.9 Å². The van der Waals surface area contributed by atoms with Crippen LogP contribution in [0.5, 0.6) is 5.75 Å². The number of carbonyl (C=O) groups excluding carboxylic acids is 1. The summed E-state index contributed by atoms with van der Waals surface area (Å²) >= 11 is 11.9. The summed E-state index contributed by atoms with van der Waals surface area (Å²) in [6.07, 6.45) is 3.68. The van der Waals surface area contributed by atoms with Gasteiger partial charge in [-0.25, -0.2) is 9.18 Å². The Labute approximate surface area is 144 Å². The lowest BCUT2D eigenvalue weighted by atomic mass is 9.96. The SMILES string of the molecule is O=C(Nc1ccc(OC2CCC2)c(F)c1)N1CCC(Cl)=C(Cl)C1. The Hall–Kier alpha value is -1.46. The van der Waals surface area contributed by atoms with Crippen LogP contribution in [0.3, 0.4) is 0 Å². The van der Waals surface area contributed by atoms with Crippen molar-refractivity contribution in [1.82, 2.24) is 4.90 Å². The van der Waals surface area contributed by atoms with E-state index in [1.807, 2.05) is 0 Å². The Balaban J connectivity index is 1.61. The molecular weight excluding hydrogens is 342 g/mol. The molecule has 0 radical (unpaired) electrons. The summed E-state index contributed by atoms with van der Waals surface area (Å²) < 4.78 is 19.6. The maximum atomic E-state index is 14.0. The molecule has 7 heteroatoms. The van der Waals surface area contributed by atoms with E-state index < -0.39 is 5.82 Å². The van der Waals surface area contributed by atoms with Crippen LogP contribution >= 0.6 is 23.2 Å². The summed E-state index contributed by atoms with van der Waals surface area (Å²) in [6, 6.07) is 4.10. The molecule has 0 unspecified atom stereocenters. The van der Waals surface area contributed by atoms with E-state index in [4.69, 9.17) is 27.9 Å². The Morgan fingerprint density at radius 1 is 1.30 bits per heavy atom. The van der Waals surface area contributed by atoms with Gasteiger partial charge < -0.3 is 15.0 Å². The number of nitrogens with one attached hydrogen (secondary N) is 1. The third kappa shape index (κ3) is 3.90. The van der Waals surface area contributed by atoms with Gasteiger partial charge in [0.15, 0.2) is 11.6 Å². The number of hydrogen-bond acceptors (Lipinski definition) is 2. The summed E-state index contributed by atoms with van der Waals surface area (Å²) in [5.74, 6) is -0.252. The maximum Gasteiger partial charge on any atom is 0.322 e. The van der Waals surface area contributed by atoms with Gasteiger partial charge >= 0.3 is 6.03 Å². The van der Waals surface area contributed by atoms with Gasteiger partial charge in [0.2, 0.25) is 0 Å². The molecule has 124 valence electrons. The van der Waals surface area contributed by atoms with Gasteiger partial charge in [-0.2, -0.15) is 0 Å². The molecule has 0 saturated heterocycles. The molecule has 4 nitrogen and oxygen atoms in total. The molecule has 0 aromatic heterocycles. The van der Waals surface area contributed by atoms with E-state index >= 15 is 0 Å². The third-order valence-corrected chi connectivity index (χ3v) is 4.90. The van der Waals surface area contributed by atoms with Crippen LogP contribution in [0, 0.1) is 5.82 Å². The predicted octanol–water partition coefficient (Wildman–Crippen LogP) is 4.68. The monoisotopic (exact) mass is 358 g/mol.